The zero-order valence-electron chi connectivity index (χ0n) is 11.5. The summed E-state index contributed by atoms with van der Waals surface area (Å²) < 4.78 is 0.665. The van der Waals surface area contributed by atoms with Crippen LogP contribution in [0.2, 0.25) is 0 Å². The summed E-state index contributed by atoms with van der Waals surface area (Å²) in [5.74, 6) is 0. The van der Waals surface area contributed by atoms with Gasteiger partial charge in [-0.15, -0.1) is 0 Å². The molecule has 0 saturated heterocycles. The lowest BCUT2D eigenvalue weighted by atomic mass is 10.0. The van der Waals surface area contributed by atoms with E-state index < -0.39 is 0 Å². The van der Waals surface area contributed by atoms with Crippen LogP contribution in [0.5, 0.6) is 0 Å². The van der Waals surface area contributed by atoms with Crippen molar-refractivity contribution in [1.82, 2.24) is 5.43 Å². The van der Waals surface area contributed by atoms with Gasteiger partial charge in [-0.05, 0) is 51.6 Å². The third kappa shape index (κ3) is 3.23. The molecule has 1 N–H and O–H groups in total. The van der Waals surface area contributed by atoms with Crippen molar-refractivity contribution < 1.29 is 0 Å². The van der Waals surface area contributed by atoms with E-state index >= 15 is 0 Å². The van der Waals surface area contributed by atoms with Gasteiger partial charge in [0.05, 0.1) is 6.21 Å². The van der Waals surface area contributed by atoms with Crippen molar-refractivity contribution in [3.8, 4) is 0 Å². The second kappa shape index (κ2) is 6.24. The SMILES string of the molecule is CSC(=S)NN=Cc1ccc2cc3ccccc3cc2c1. The average Bonchev–Trinajstić information content (AvgIpc) is 2.52. The molecule has 0 heterocycles. The number of hydrogen-bond donors (Lipinski definition) is 1. The Morgan fingerprint density at radius 2 is 1.67 bits per heavy atom. The van der Waals surface area contributed by atoms with Gasteiger partial charge >= 0.3 is 0 Å². The standard InChI is InChI=1S/C17H14N2S2/c1-21-17(20)19-18-11-12-6-7-15-9-13-4-2-3-5-14(13)10-16(15)8-12/h2-11H,1H3,(H,19,20). The van der Waals surface area contributed by atoms with Crippen molar-refractivity contribution >= 4 is 56.1 Å². The lowest BCUT2D eigenvalue weighted by molar-refractivity contribution is 1.07. The Balaban J connectivity index is 1.95. The summed E-state index contributed by atoms with van der Waals surface area (Å²) in [6, 6.07) is 19.1. The van der Waals surface area contributed by atoms with E-state index in [0.29, 0.717) is 4.32 Å². The molecule has 3 rings (SSSR count). The van der Waals surface area contributed by atoms with E-state index in [9.17, 15) is 0 Å². The van der Waals surface area contributed by atoms with E-state index in [1.54, 1.807) is 6.21 Å². The highest BCUT2D eigenvalue weighted by Crippen LogP contribution is 2.23. The average molecular weight is 310 g/mol. The number of rotatable bonds is 2. The second-order valence-corrected chi connectivity index (χ2v) is 6.15. The van der Waals surface area contributed by atoms with Crippen LogP contribution in [0.1, 0.15) is 5.56 Å². The first-order valence-corrected chi connectivity index (χ1v) is 8.19. The first kappa shape index (κ1) is 14.0. The highest BCUT2D eigenvalue weighted by molar-refractivity contribution is 8.22. The molecule has 0 aliphatic rings. The molecule has 0 fully saturated rings. The summed E-state index contributed by atoms with van der Waals surface area (Å²) in [4.78, 5) is 0. The third-order valence-electron chi connectivity index (χ3n) is 3.28. The smallest absolute Gasteiger partial charge is 0.153 e. The molecule has 4 heteroatoms. The molecule has 0 radical (unpaired) electrons. The zero-order chi connectivity index (χ0) is 14.7. The second-order valence-electron chi connectivity index (χ2n) is 4.67. The van der Waals surface area contributed by atoms with E-state index in [4.69, 9.17) is 12.2 Å². The zero-order valence-corrected chi connectivity index (χ0v) is 13.2. The van der Waals surface area contributed by atoms with Crippen molar-refractivity contribution in [3.05, 3.63) is 60.2 Å². The van der Waals surface area contributed by atoms with Crippen LogP contribution in [0.4, 0.5) is 0 Å². The Labute approximate surface area is 133 Å². The van der Waals surface area contributed by atoms with E-state index in [1.807, 2.05) is 6.26 Å². The van der Waals surface area contributed by atoms with Crippen LogP contribution in [-0.2, 0) is 0 Å². The summed E-state index contributed by atoms with van der Waals surface area (Å²) in [5, 5.41) is 9.11. The maximum atomic E-state index is 5.04. The molecule has 21 heavy (non-hydrogen) atoms. The summed E-state index contributed by atoms with van der Waals surface area (Å²) in [7, 11) is 0. The number of thiocarbonyl (C=S) groups is 1. The van der Waals surface area contributed by atoms with E-state index in [-0.39, 0.29) is 0 Å². The molecule has 0 spiro atoms. The molecule has 0 amide bonds. The maximum absolute atomic E-state index is 5.04. The molecular formula is C17H14N2S2. The number of nitrogens with zero attached hydrogens (tertiary/aromatic N) is 1. The monoisotopic (exact) mass is 310 g/mol. The van der Waals surface area contributed by atoms with Crippen molar-refractivity contribution in [2.75, 3.05) is 6.26 Å². The molecule has 3 aromatic rings. The Morgan fingerprint density at radius 3 is 2.38 bits per heavy atom. The van der Waals surface area contributed by atoms with Crippen LogP contribution in [0.25, 0.3) is 21.5 Å². The Kier molecular flexibility index (Phi) is 4.18. The minimum Gasteiger partial charge on any atom is -0.262 e. The maximum Gasteiger partial charge on any atom is 0.153 e. The number of benzene rings is 3. The normalized spacial score (nSPS) is 11.3. The lowest BCUT2D eigenvalue weighted by Gasteiger charge is -2.03. The molecule has 0 atom stereocenters. The van der Waals surface area contributed by atoms with Crippen LogP contribution in [-0.4, -0.2) is 16.8 Å². The molecule has 2 nitrogen and oxygen atoms in total. The molecule has 0 aliphatic heterocycles. The molecular weight excluding hydrogens is 296 g/mol. The van der Waals surface area contributed by atoms with Crippen molar-refractivity contribution in [3.63, 3.8) is 0 Å². The molecule has 0 unspecified atom stereocenters. The molecule has 0 bridgehead atoms. The highest BCUT2D eigenvalue weighted by atomic mass is 32.2. The largest absolute Gasteiger partial charge is 0.262 e. The number of thioether (sulfide) groups is 1. The van der Waals surface area contributed by atoms with Crippen molar-refractivity contribution in [2.24, 2.45) is 5.10 Å². The topological polar surface area (TPSA) is 24.4 Å². The first-order valence-electron chi connectivity index (χ1n) is 6.56. The minimum atomic E-state index is 0.665. The van der Waals surface area contributed by atoms with Gasteiger partial charge in [-0.25, -0.2) is 0 Å². The molecule has 0 saturated carbocycles. The Morgan fingerprint density at radius 1 is 1.00 bits per heavy atom. The van der Waals surface area contributed by atoms with Crippen molar-refractivity contribution in [2.45, 2.75) is 0 Å². The van der Waals surface area contributed by atoms with Gasteiger partial charge in [0, 0.05) is 0 Å². The van der Waals surface area contributed by atoms with Gasteiger partial charge < -0.3 is 0 Å². The summed E-state index contributed by atoms with van der Waals surface area (Å²) in [5.41, 5.74) is 3.87. The number of hydrazone groups is 1. The van der Waals surface area contributed by atoms with Gasteiger partial charge in [0.25, 0.3) is 0 Å². The van der Waals surface area contributed by atoms with Crippen molar-refractivity contribution in [1.29, 1.82) is 0 Å². The van der Waals surface area contributed by atoms with Crippen LogP contribution < -0.4 is 5.43 Å². The number of fused-ring (bicyclic) bond motifs is 2. The fraction of sp³-hybridized carbons (Fsp3) is 0.0588. The van der Waals surface area contributed by atoms with Crippen LogP contribution in [0.3, 0.4) is 0 Å². The Hall–Kier alpha value is -1.91. The number of nitrogens with one attached hydrogen (secondary N) is 1. The molecule has 104 valence electrons. The van der Waals surface area contributed by atoms with E-state index in [2.05, 4.69) is 65.1 Å². The quantitative estimate of drug-likeness (QED) is 0.325. The molecule has 0 aliphatic carbocycles. The van der Waals surface area contributed by atoms with Gasteiger partial charge in [-0.1, -0.05) is 60.4 Å². The van der Waals surface area contributed by atoms with Gasteiger partial charge in [0.15, 0.2) is 4.32 Å². The lowest BCUT2D eigenvalue weighted by Crippen LogP contribution is -2.10. The van der Waals surface area contributed by atoms with E-state index in [1.165, 1.54) is 33.3 Å². The minimum absolute atomic E-state index is 0.665. The predicted octanol–water partition coefficient (Wildman–Crippen LogP) is 4.56. The fourth-order valence-corrected chi connectivity index (χ4v) is 2.44. The third-order valence-corrected chi connectivity index (χ3v) is 4.34. The van der Waals surface area contributed by atoms with Gasteiger partial charge in [-0.2, -0.15) is 5.10 Å². The summed E-state index contributed by atoms with van der Waals surface area (Å²) in [6.07, 6.45) is 3.71. The first-order chi connectivity index (χ1) is 10.3. The fourth-order valence-electron chi connectivity index (χ4n) is 2.24. The van der Waals surface area contributed by atoms with Crippen LogP contribution >= 0.6 is 24.0 Å². The van der Waals surface area contributed by atoms with Gasteiger partial charge in [0.1, 0.15) is 0 Å². The van der Waals surface area contributed by atoms with Gasteiger partial charge in [-0.3, -0.25) is 5.43 Å². The number of hydrogen-bond acceptors (Lipinski definition) is 3. The van der Waals surface area contributed by atoms with Crippen LogP contribution in [0, 0.1) is 0 Å². The van der Waals surface area contributed by atoms with Crippen LogP contribution in [0.15, 0.2) is 59.7 Å². The van der Waals surface area contributed by atoms with E-state index in [0.717, 1.165) is 5.56 Å². The highest BCUT2D eigenvalue weighted by Gasteiger charge is 1.98. The summed E-state index contributed by atoms with van der Waals surface area (Å²) >= 11 is 6.51. The molecule has 3 aromatic carbocycles. The predicted molar refractivity (Wildman–Crippen MR) is 98.3 cm³/mol. The Bertz CT molecular complexity index is 840. The van der Waals surface area contributed by atoms with Gasteiger partial charge in [0.2, 0.25) is 0 Å². The summed E-state index contributed by atoms with van der Waals surface area (Å²) in [6.45, 7) is 0. The molecule has 0 aromatic heterocycles.